The molecule has 1 unspecified atom stereocenters. The number of piperidine rings is 1. The zero-order chi connectivity index (χ0) is 19.6. The molecule has 1 saturated heterocycles. The number of halogens is 3. The summed E-state index contributed by atoms with van der Waals surface area (Å²) in [4.78, 5) is 28.7. The third kappa shape index (κ3) is 4.99. The lowest BCUT2D eigenvalue weighted by Gasteiger charge is -2.35. The van der Waals surface area contributed by atoms with Gasteiger partial charge in [-0.25, -0.2) is 0 Å². The number of ether oxygens (including phenoxy) is 1. The monoisotopic (exact) mass is 433 g/mol. The van der Waals surface area contributed by atoms with Gasteiger partial charge >= 0.3 is 0 Å². The molecule has 1 N–H and O–H groups in total. The van der Waals surface area contributed by atoms with E-state index in [1.165, 1.54) is 19.3 Å². The Labute approximate surface area is 173 Å². The number of carbonyl (C=O) groups is 2. The van der Waals surface area contributed by atoms with Crippen molar-refractivity contribution >= 4 is 58.0 Å². The topological polar surface area (TPSA) is 61.9 Å². The molecular weight excluding hydrogens is 413 g/mol. The van der Waals surface area contributed by atoms with Crippen molar-refractivity contribution in [1.82, 2.24) is 4.90 Å². The van der Waals surface area contributed by atoms with E-state index in [0.29, 0.717) is 23.7 Å². The molecule has 2 aliphatic rings. The van der Waals surface area contributed by atoms with Crippen molar-refractivity contribution in [2.24, 2.45) is 0 Å². The summed E-state index contributed by atoms with van der Waals surface area (Å²) >= 11 is 16.8. The Kier molecular flexibility index (Phi) is 6.41. The second-order valence-corrected chi connectivity index (χ2v) is 9.07. The van der Waals surface area contributed by atoms with E-state index in [2.05, 4.69) is 10.2 Å². The van der Waals surface area contributed by atoms with E-state index >= 15 is 0 Å². The number of nitrogens with one attached hydrogen (secondary N) is 1. The Morgan fingerprint density at radius 3 is 2.59 bits per heavy atom. The molecule has 1 aromatic rings. The van der Waals surface area contributed by atoms with Crippen LogP contribution in [-0.4, -0.2) is 52.8 Å². The van der Waals surface area contributed by atoms with Gasteiger partial charge in [-0.2, -0.15) is 0 Å². The minimum Gasteiger partial charge on any atom is -0.479 e. The first kappa shape index (κ1) is 20.5. The highest BCUT2D eigenvalue weighted by molar-refractivity contribution is 6.76. The molecule has 27 heavy (non-hydrogen) atoms. The van der Waals surface area contributed by atoms with Crippen LogP contribution in [0, 0.1) is 0 Å². The normalized spacial score (nSPS) is 20.8. The van der Waals surface area contributed by atoms with Crippen LogP contribution >= 0.6 is 34.8 Å². The van der Waals surface area contributed by atoms with E-state index in [0.717, 1.165) is 19.6 Å². The molecule has 0 aliphatic carbocycles. The number of benzene rings is 1. The lowest BCUT2D eigenvalue weighted by Crippen LogP contribution is -2.48. The summed E-state index contributed by atoms with van der Waals surface area (Å²) in [5, 5.41) is 2.55. The lowest BCUT2D eigenvalue weighted by atomic mass is 10.1. The van der Waals surface area contributed by atoms with Gasteiger partial charge in [0.2, 0.25) is 0 Å². The molecule has 2 aliphatic heterocycles. The minimum absolute atomic E-state index is 0.107. The van der Waals surface area contributed by atoms with Crippen molar-refractivity contribution in [3.05, 3.63) is 18.2 Å². The van der Waals surface area contributed by atoms with Crippen LogP contribution in [-0.2, 0) is 9.59 Å². The van der Waals surface area contributed by atoms with Crippen LogP contribution in [0.25, 0.3) is 0 Å². The molecule has 3 rings (SSSR count). The van der Waals surface area contributed by atoms with E-state index in [9.17, 15) is 9.59 Å². The molecular formula is C18H22Cl3N3O3. The molecule has 0 radical (unpaired) electrons. The molecule has 0 aromatic heterocycles. The van der Waals surface area contributed by atoms with Gasteiger partial charge in [0.1, 0.15) is 5.75 Å². The second-order valence-electron chi connectivity index (χ2n) is 6.79. The third-order valence-corrected chi connectivity index (χ3v) is 5.29. The first-order chi connectivity index (χ1) is 12.8. The molecule has 2 heterocycles. The van der Waals surface area contributed by atoms with Crippen molar-refractivity contribution in [3.63, 3.8) is 0 Å². The summed E-state index contributed by atoms with van der Waals surface area (Å²) in [6, 6.07) is 5.03. The molecule has 0 spiro atoms. The third-order valence-electron chi connectivity index (χ3n) is 4.77. The van der Waals surface area contributed by atoms with E-state index in [4.69, 9.17) is 39.5 Å². The predicted octanol–water partition coefficient (Wildman–Crippen LogP) is 3.60. The smallest absolute Gasteiger partial charge is 0.276 e. The quantitative estimate of drug-likeness (QED) is 0.736. The van der Waals surface area contributed by atoms with Gasteiger partial charge in [-0.3, -0.25) is 9.59 Å². The van der Waals surface area contributed by atoms with Gasteiger partial charge in [0.15, 0.2) is 6.10 Å². The van der Waals surface area contributed by atoms with Gasteiger partial charge in [-0.15, -0.1) is 0 Å². The number of hydrogen-bond acceptors (Lipinski definition) is 4. The summed E-state index contributed by atoms with van der Waals surface area (Å²) in [6.07, 6.45) is 3.09. The number of anilines is 2. The Balaban J connectivity index is 1.79. The molecule has 2 amide bonds. The fourth-order valence-corrected chi connectivity index (χ4v) is 3.48. The van der Waals surface area contributed by atoms with E-state index in [1.54, 1.807) is 30.0 Å². The van der Waals surface area contributed by atoms with Crippen LogP contribution in [0.15, 0.2) is 18.2 Å². The Morgan fingerprint density at radius 1 is 1.22 bits per heavy atom. The van der Waals surface area contributed by atoms with Crippen LogP contribution in [0.2, 0.25) is 0 Å². The van der Waals surface area contributed by atoms with Gasteiger partial charge < -0.3 is 19.9 Å². The van der Waals surface area contributed by atoms with Crippen LogP contribution in [0.1, 0.15) is 26.2 Å². The average molecular weight is 435 g/mol. The zero-order valence-electron chi connectivity index (χ0n) is 15.0. The molecule has 0 saturated carbocycles. The summed E-state index contributed by atoms with van der Waals surface area (Å²) in [5.74, 6) is -0.277. The zero-order valence-corrected chi connectivity index (χ0v) is 17.3. The molecule has 1 atom stereocenters. The highest BCUT2D eigenvalue weighted by Gasteiger charge is 2.33. The van der Waals surface area contributed by atoms with Crippen molar-refractivity contribution < 1.29 is 14.3 Å². The molecule has 6 nitrogen and oxygen atoms in total. The fraction of sp³-hybridized carbons (Fsp3) is 0.556. The Morgan fingerprint density at radius 2 is 1.93 bits per heavy atom. The van der Waals surface area contributed by atoms with Gasteiger partial charge in [0.05, 0.1) is 5.69 Å². The second kappa shape index (κ2) is 8.43. The number of fused-ring (bicyclic) bond motifs is 1. The summed E-state index contributed by atoms with van der Waals surface area (Å²) in [7, 11) is 0. The SMILES string of the molecule is CC1Oc2ccc(NC(=O)C(Cl)(Cl)Cl)cc2N(CCN2CCCCC2)C1=O. The number of nitrogens with zero attached hydrogens (tertiary/aromatic N) is 2. The Bertz CT molecular complexity index is 718. The highest BCUT2D eigenvalue weighted by Crippen LogP contribution is 2.37. The van der Waals surface area contributed by atoms with E-state index in [-0.39, 0.29) is 5.91 Å². The van der Waals surface area contributed by atoms with Gasteiger partial charge in [0, 0.05) is 18.8 Å². The number of likely N-dealkylation sites (tertiary alicyclic amines) is 1. The lowest BCUT2D eigenvalue weighted by molar-refractivity contribution is -0.125. The van der Waals surface area contributed by atoms with Crippen LogP contribution in [0.4, 0.5) is 11.4 Å². The van der Waals surface area contributed by atoms with E-state index in [1.807, 2.05) is 0 Å². The average Bonchev–Trinajstić information content (AvgIpc) is 2.62. The summed E-state index contributed by atoms with van der Waals surface area (Å²) in [5.41, 5.74) is 1.04. The van der Waals surface area contributed by atoms with E-state index < -0.39 is 15.8 Å². The van der Waals surface area contributed by atoms with Crippen molar-refractivity contribution in [1.29, 1.82) is 0 Å². The van der Waals surface area contributed by atoms with Crippen molar-refractivity contribution in [3.8, 4) is 5.75 Å². The maximum Gasteiger partial charge on any atom is 0.276 e. The van der Waals surface area contributed by atoms with Crippen LogP contribution < -0.4 is 15.0 Å². The number of rotatable bonds is 4. The van der Waals surface area contributed by atoms with Crippen LogP contribution in [0.3, 0.4) is 0 Å². The number of hydrogen-bond donors (Lipinski definition) is 1. The predicted molar refractivity (Wildman–Crippen MR) is 108 cm³/mol. The first-order valence-corrected chi connectivity index (χ1v) is 10.1. The fourth-order valence-electron chi connectivity index (χ4n) is 3.34. The summed E-state index contributed by atoms with van der Waals surface area (Å²) in [6.45, 7) is 5.20. The Hall–Kier alpha value is -1.21. The van der Waals surface area contributed by atoms with Crippen molar-refractivity contribution in [2.45, 2.75) is 36.1 Å². The number of alkyl halides is 3. The van der Waals surface area contributed by atoms with Crippen LogP contribution in [0.5, 0.6) is 5.75 Å². The highest BCUT2D eigenvalue weighted by atomic mass is 35.6. The maximum atomic E-state index is 12.7. The maximum absolute atomic E-state index is 12.7. The molecule has 0 bridgehead atoms. The molecule has 1 fully saturated rings. The van der Waals surface area contributed by atoms with Gasteiger partial charge in [-0.05, 0) is 51.1 Å². The van der Waals surface area contributed by atoms with Gasteiger partial charge in [-0.1, -0.05) is 41.2 Å². The molecule has 1 aromatic carbocycles. The molecule has 9 heteroatoms. The van der Waals surface area contributed by atoms with Crippen molar-refractivity contribution in [2.75, 3.05) is 36.4 Å². The standard InChI is InChI=1S/C18H22Cl3N3O3/c1-12-16(25)24(10-9-23-7-3-2-4-8-23)14-11-13(5-6-15(14)27-12)22-17(26)18(19,20)21/h5-6,11-12H,2-4,7-10H2,1H3,(H,22,26). The first-order valence-electron chi connectivity index (χ1n) is 8.98. The number of amides is 2. The van der Waals surface area contributed by atoms with Gasteiger partial charge in [0.25, 0.3) is 15.6 Å². The molecule has 148 valence electrons. The summed E-state index contributed by atoms with van der Waals surface area (Å²) < 4.78 is 3.63. The number of carbonyl (C=O) groups excluding carboxylic acids is 2. The minimum atomic E-state index is -2.06. The largest absolute Gasteiger partial charge is 0.479 e.